The summed E-state index contributed by atoms with van der Waals surface area (Å²) in [6.07, 6.45) is 3.36. The smallest absolute Gasteiger partial charge is 0.274 e. The van der Waals surface area contributed by atoms with Crippen LogP contribution in [0.5, 0.6) is 11.5 Å². The number of alkyl halides is 1. The third-order valence-corrected chi connectivity index (χ3v) is 7.57. The van der Waals surface area contributed by atoms with Crippen molar-refractivity contribution in [3.8, 4) is 21.9 Å². The Morgan fingerprint density at radius 2 is 1.92 bits per heavy atom. The number of fused-ring (bicyclic) bond motifs is 1. The molecule has 1 amide bonds. The van der Waals surface area contributed by atoms with Crippen LogP contribution in [-0.4, -0.2) is 37.7 Å². The van der Waals surface area contributed by atoms with Crippen molar-refractivity contribution in [2.45, 2.75) is 53.3 Å². The lowest BCUT2D eigenvalue weighted by molar-refractivity contribution is -0.00286. The van der Waals surface area contributed by atoms with Crippen LogP contribution in [-0.2, 0) is 7.05 Å². The van der Waals surface area contributed by atoms with E-state index >= 15 is 4.39 Å². The lowest BCUT2D eigenvalue weighted by Crippen LogP contribution is -2.25. The minimum atomic E-state index is -1.67. The minimum Gasteiger partial charge on any atom is -0.455 e. The largest absolute Gasteiger partial charge is 0.455 e. The van der Waals surface area contributed by atoms with Gasteiger partial charge in [-0.1, -0.05) is 0 Å². The van der Waals surface area contributed by atoms with E-state index in [1.165, 1.54) is 18.4 Å². The van der Waals surface area contributed by atoms with Gasteiger partial charge >= 0.3 is 0 Å². The van der Waals surface area contributed by atoms with Crippen LogP contribution in [0, 0.1) is 20.8 Å². The number of aryl methyl sites for hydroxylation is 3. The summed E-state index contributed by atoms with van der Waals surface area (Å²) in [5.74, 6) is 0.686. The Bertz CT molecular complexity index is 1540. The molecule has 0 aliphatic carbocycles. The van der Waals surface area contributed by atoms with E-state index in [1.54, 1.807) is 38.6 Å². The number of thiophene rings is 1. The number of hydrogen-bond acceptors (Lipinski definition) is 6. The van der Waals surface area contributed by atoms with Crippen molar-refractivity contribution in [3.63, 3.8) is 0 Å². The fourth-order valence-electron chi connectivity index (χ4n) is 4.22. The molecule has 1 atom stereocenters. The summed E-state index contributed by atoms with van der Waals surface area (Å²) in [7, 11) is 1.62. The Morgan fingerprint density at radius 3 is 2.51 bits per heavy atom. The highest BCUT2D eigenvalue weighted by Crippen LogP contribution is 2.50. The molecule has 0 aliphatic heterocycles. The van der Waals surface area contributed by atoms with Gasteiger partial charge in [-0.15, -0.1) is 11.3 Å². The number of nitrogens with zero attached hydrogens (tertiary/aromatic N) is 2. The van der Waals surface area contributed by atoms with Gasteiger partial charge in [-0.05, 0) is 47.6 Å². The van der Waals surface area contributed by atoms with E-state index in [0.717, 1.165) is 22.5 Å². The fraction of sp³-hybridized carbons (Fsp3) is 0.370. The SMILES string of the molecule is CCNC(=O)c1cc2c(-c3sc(C(F)C(C)(C)O)c(C)c3Oc3c(C)cncc3C)cn(C)c(=O)c2[nH]1. The topological polar surface area (TPSA) is 109 Å². The predicted octanol–water partition coefficient (Wildman–Crippen LogP) is 5.24. The maximum Gasteiger partial charge on any atom is 0.274 e. The highest BCUT2D eigenvalue weighted by Gasteiger charge is 2.34. The minimum absolute atomic E-state index is 0.248. The van der Waals surface area contributed by atoms with E-state index in [2.05, 4.69) is 15.3 Å². The molecule has 0 aliphatic rings. The van der Waals surface area contributed by atoms with Gasteiger partial charge in [0.05, 0.1) is 10.5 Å². The second-order valence-corrected chi connectivity index (χ2v) is 10.8. The molecule has 0 saturated heterocycles. The average molecular weight is 527 g/mol. The summed E-state index contributed by atoms with van der Waals surface area (Å²) in [6.45, 7) is 10.6. The van der Waals surface area contributed by atoms with E-state index in [0.29, 0.717) is 44.3 Å². The Kier molecular flexibility index (Phi) is 7.00. The zero-order valence-electron chi connectivity index (χ0n) is 21.9. The fourth-order valence-corrected chi connectivity index (χ4v) is 5.64. The van der Waals surface area contributed by atoms with Gasteiger partial charge in [0, 0.05) is 64.7 Å². The number of carbonyl (C=O) groups excluding carboxylic acids is 1. The van der Waals surface area contributed by atoms with Gasteiger partial charge in [0.1, 0.15) is 22.7 Å². The standard InChI is InChI=1S/C27H31FN4O4S/c1-8-30-25(33)18-9-16-17(12-32(7)26(34)19(16)31-18)23-21(36-20-13(2)10-29-11-14(20)3)15(4)22(37-23)24(28)27(5,6)35/h9-12,24,31,35H,8H2,1-7H3,(H,30,33). The number of halogens is 1. The molecular weight excluding hydrogens is 495 g/mol. The molecule has 4 aromatic heterocycles. The molecule has 8 nitrogen and oxygen atoms in total. The van der Waals surface area contributed by atoms with Gasteiger partial charge in [0.2, 0.25) is 0 Å². The molecule has 196 valence electrons. The second kappa shape index (κ2) is 9.75. The second-order valence-electron chi connectivity index (χ2n) is 9.76. The van der Waals surface area contributed by atoms with E-state index < -0.39 is 11.8 Å². The third kappa shape index (κ3) is 4.78. The van der Waals surface area contributed by atoms with E-state index in [-0.39, 0.29) is 22.7 Å². The number of H-pyrrole nitrogens is 1. The summed E-state index contributed by atoms with van der Waals surface area (Å²) in [5, 5.41) is 13.7. The van der Waals surface area contributed by atoms with Crippen molar-refractivity contribution in [2.75, 3.05) is 6.54 Å². The molecule has 10 heteroatoms. The number of aromatic amines is 1. The van der Waals surface area contributed by atoms with Crippen LogP contribution in [0.25, 0.3) is 21.3 Å². The number of ether oxygens (including phenoxy) is 1. The summed E-state index contributed by atoms with van der Waals surface area (Å²) in [6, 6.07) is 1.63. The number of aliphatic hydroxyl groups is 1. The Morgan fingerprint density at radius 1 is 1.27 bits per heavy atom. The summed E-state index contributed by atoms with van der Waals surface area (Å²) < 4.78 is 23.4. The molecule has 0 aromatic carbocycles. The summed E-state index contributed by atoms with van der Waals surface area (Å²) in [5.41, 5.74) is 1.35. The van der Waals surface area contributed by atoms with Crippen molar-refractivity contribution in [2.24, 2.45) is 7.05 Å². The number of carbonyl (C=O) groups is 1. The monoisotopic (exact) mass is 526 g/mol. The molecule has 0 radical (unpaired) electrons. The Hall–Kier alpha value is -3.50. The summed E-state index contributed by atoms with van der Waals surface area (Å²) in [4.78, 5) is 33.6. The van der Waals surface area contributed by atoms with Crippen LogP contribution >= 0.6 is 11.3 Å². The van der Waals surface area contributed by atoms with Crippen molar-refractivity contribution in [1.82, 2.24) is 19.9 Å². The highest BCUT2D eigenvalue weighted by molar-refractivity contribution is 7.16. The van der Waals surface area contributed by atoms with Crippen molar-refractivity contribution in [1.29, 1.82) is 0 Å². The molecular formula is C27H31FN4O4S. The number of rotatable bonds is 7. The van der Waals surface area contributed by atoms with Gasteiger partial charge in [0.25, 0.3) is 11.5 Å². The van der Waals surface area contributed by atoms with Crippen LogP contribution in [0.1, 0.15) is 59.0 Å². The zero-order chi connectivity index (χ0) is 27.2. The average Bonchev–Trinajstić information content (AvgIpc) is 3.40. The predicted molar refractivity (Wildman–Crippen MR) is 144 cm³/mol. The maximum atomic E-state index is 15.5. The van der Waals surface area contributed by atoms with Crippen LogP contribution in [0.4, 0.5) is 4.39 Å². The first-order valence-corrected chi connectivity index (χ1v) is 12.8. The van der Waals surface area contributed by atoms with Crippen molar-refractivity contribution in [3.05, 3.63) is 62.3 Å². The van der Waals surface area contributed by atoms with E-state index in [1.807, 2.05) is 20.8 Å². The highest BCUT2D eigenvalue weighted by atomic mass is 32.1. The van der Waals surface area contributed by atoms with Crippen molar-refractivity contribution >= 4 is 28.1 Å². The first kappa shape index (κ1) is 26.6. The summed E-state index contributed by atoms with van der Waals surface area (Å²) >= 11 is 1.16. The van der Waals surface area contributed by atoms with E-state index in [9.17, 15) is 14.7 Å². The number of hydrogen-bond donors (Lipinski definition) is 3. The number of pyridine rings is 2. The normalized spacial score (nSPS) is 12.7. The van der Waals surface area contributed by atoms with Crippen LogP contribution in [0.3, 0.4) is 0 Å². The molecule has 0 spiro atoms. The molecule has 4 aromatic rings. The molecule has 0 saturated carbocycles. The first-order chi connectivity index (χ1) is 17.3. The van der Waals surface area contributed by atoms with Gasteiger partial charge in [0.15, 0.2) is 6.17 Å². The number of amides is 1. The van der Waals surface area contributed by atoms with Gasteiger partial charge in [-0.2, -0.15) is 0 Å². The maximum absolute atomic E-state index is 15.5. The third-order valence-electron chi connectivity index (χ3n) is 6.23. The van der Waals surface area contributed by atoms with Gasteiger partial charge < -0.3 is 24.7 Å². The van der Waals surface area contributed by atoms with Crippen LogP contribution in [0.2, 0.25) is 0 Å². The lowest BCUT2D eigenvalue weighted by Gasteiger charge is -2.22. The molecule has 0 fully saturated rings. The first-order valence-electron chi connectivity index (χ1n) is 11.9. The lowest BCUT2D eigenvalue weighted by atomic mass is 9.99. The Labute approximate surface area is 218 Å². The quantitative estimate of drug-likeness (QED) is 0.305. The zero-order valence-corrected chi connectivity index (χ0v) is 22.8. The number of aromatic nitrogens is 3. The molecule has 1 unspecified atom stereocenters. The van der Waals surface area contributed by atoms with Gasteiger partial charge in [-0.3, -0.25) is 14.6 Å². The van der Waals surface area contributed by atoms with E-state index in [4.69, 9.17) is 4.74 Å². The number of nitrogens with one attached hydrogen (secondary N) is 2. The van der Waals surface area contributed by atoms with Crippen LogP contribution < -0.4 is 15.6 Å². The Balaban J connectivity index is 2.03. The molecule has 4 rings (SSSR count). The van der Waals surface area contributed by atoms with Crippen molar-refractivity contribution < 1.29 is 19.0 Å². The van der Waals surface area contributed by atoms with Crippen LogP contribution in [0.15, 0.2) is 29.5 Å². The molecule has 37 heavy (non-hydrogen) atoms. The molecule has 3 N–H and O–H groups in total. The van der Waals surface area contributed by atoms with Gasteiger partial charge in [-0.25, -0.2) is 4.39 Å². The molecule has 4 heterocycles. The molecule has 0 bridgehead atoms.